The van der Waals surface area contributed by atoms with Gasteiger partial charge in [0.1, 0.15) is 5.02 Å². The summed E-state index contributed by atoms with van der Waals surface area (Å²) in [4.78, 5) is 18.8. The van der Waals surface area contributed by atoms with Crippen molar-refractivity contribution in [3.63, 3.8) is 0 Å². The predicted molar refractivity (Wildman–Crippen MR) is 103 cm³/mol. The van der Waals surface area contributed by atoms with Crippen LogP contribution < -0.4 is 0 Å². The van der Waals surface area contributed by atoms with Crippen molar-refractivity contribution in [1.29, 1.82) is 0 Å². The number of benzene rings is 2. The summed E-state index contributed by atoms with van der Waals surface area (Å²) in [6.07, 6.45) is 0. The van der Waals surface area contributed by atoms with Crippen molar-refractivity contribution < 1.29 is 26.7 Å². The average molecular weight is 484 g/mol. The fraction of sp³-hybridized carbons (Fsp3) is 0.143. The number of hydrogen-bond acceptors (Lipinski definition) is 8. The second kappa shape index (κ2) is 7.84. The van der Waals surface area contributed by atoms with E-state index in [4.69, 9.17) is 23.2 Å². The molecular formula is C14H11Cl2N3O8S2. The summed E-state index contributed by atoms with van der Waals surface area (Å²) < 4.78 is 51.0. The van der Waals surface area contributed by atoms with Gasteiger partial charge in [0.25, 0.3) is 31.4 Å². The van der Waals surface area contributed by atoms with Gasteiger partial charge in [0.05, 0.1) is 24.7 Å². The van der Waals surface area contributed by atoms with Crippen LogP contribution in [0, 0.1) is 27.2 Å². The Morgan fingerprint density at radius 2 is 1.31 bits per heavy atom. The molecule has 29 heavy (non-hydrogen) atoms. The van der Waals surface area contributed by atoms with Crippen LogP contribution in [0.4, 0.5) is 11.4 Å². The molecule has 156 valence electrons. The Labute approximate surface area is 174 Å². The zero-order valence-electron chi connectivity index (χ0n) is 14.6. The summed E-state index contributed by atoms with van der Waals surface area (Å²) in [7, 11) is -8.95. The van der Waals surface area contributed by atoms with E-state index in [1.165, 1.54) is 6.92 Å². The number of hydrogen-bond donors (Lipinski definition) is 0. The van der Waals surface area contributed by atoms with Gasteiger partial charge in [-0.2, -0.15) is 0 Å². The van der Waals surface area contributed by atoms with Gasteiger partial charge < -0.3 is 0 Å². The van der Waals surface area contributed by atoms with Gasteiger partial charge in [-0.05, 0) is 25.1 Å². The Morgan fingerprint density at radius 1 is 0.828 bits per heavy atom. The Hall–Kier alpha value is -2.32. The van der Waals surface area contributed by atoms with Gasteiger partial charge in [0, 0.05) is 24.7 Å². The van der Waals surface area contributed by atoms with Crippen LogP contribution in [0.1, 0.15) is 5.56 Å². The lowest BCUT2D eigenvalue weighted by molar-refractivity contribution is -0.385. The number of nitrogens with zero attached hydrogens (tertiary/aromatic N) is 3. The van der Waals surface area contributed by atoms with Crippen LogP contribution in [-0.4, -0.2) is 37.4 Å². The van der Waals surface area contributed by atoms with E-state index >= 15 is 0 Å². The molecule has 0 N–H and O–H groups in total. The van der Waals surface area contributed by atoms with Crippen molar-refractivity contribution in [3.05, 3.63) is 66.2 Å². The number of nitro groups is 2. The van der Waals surface area contributed by atoms with Gasteiger partial charge in [-0.1, -0.05) is 26.9 Å². The monoisotopic (exact) mass is 483 g/mol. The first kappa shape index (κ1) is 23.0. The molecule has 2 aromatic rings. The summed E-state index contributed by atoms with van der Waals surface area (Å²) in [6.45, 7) is 1.30. The predicted octanol–water partition coefficient (Wildman–Crippen LogP) is 3.13. The van der Waals surface area contributed by atoms with Crippen LogP contribution >= 0.6 is 23.2 Å². The molecule has 0 aromatic heterocycles. The van der Waals surface area contributed by atoms with E-state index in [1.54, 1.807) is 0 Å². The molecule has 0 radical (unpaired) electrons. The summed E-state index contributed by atoms with van der Waals surface area (Å²) in [5, 5.41) is 21.5. The first-order valence-electron chi connectivity index (χ1n) is 7.34. The van der Waals surface area contributed by atoms with E-state index in [1.807, 2.05) is 0 Å². The van der Waals surface area contributed by atoms with E-state index in [0.717, 1.165) is 18.2 Å². The van der Waals surface area contributed by atoms with Gasteiger partial charge in [0.2, 0.25) is 0 Å². The zero-order valence-corrected chi connectivity index (χ0v) is 17.7. The summed E-state index contributed by atoms with van der Waals surface area (Å²) in [6, 6.07) is 3.97. The molecule has 0 saturated carbocycles. The molecule has 0 fully saturated rings. The zero-order chi connectivity index (χ0) is 22.3. The standard InChI is InChI=1S/C14H11Cl2N3O8S2/c1-8-12(16)5-10(7-13(8)18(20)21)29(26,27)17(2)28(24,25)9-3-4-11(15)14(6-9)19(22)23/h3-7H,1-2H3. The molecule has 11 nitrogen and oxygen atoms in total. The second-order valence-electron chi connectivity index (χ2n) is 5.57. The van der Waals surface area contributed by atoms with E-state index < -0.39 is 51.1 Å². The number of sulfonamides is 2. The third kappa shape index (κ3) is 4.18. The maximum atomic E-state index is 12.8. The SMILES string of the molecule is Cc1c(Cl)cc(S(=O)(=O)N(C)S(=O)(=O)c2ccc(Cl)c([N+](=O)[O-])c2)cc1[N+](=O)[O-]. The molecule has 0 saturated heterocycles. The molecule has 0 heterocycles. The lowest BCUT2D eigenvalue weighted by atomic mass is 10.2. The average Bonchev–Trinajstić information content (AvgIpc) is 2.62. The fourth-order valence-corrected chi connectivity index (χ4v) is 5.83. The molecule has 2 rings (SSSR count). The summed E-state index contributed by atoms with van der Waals surface area (Å²) in [5.41, 5.74) is -1.37. The van der Waals surface area contributed by atoms with Crippen LogP contribution in [0.5, 0.6) is 0 Å². The van der Waals surface area contributed by atoms with Crippen LogP contribution in [0.2, 0.25) is 10.0 Å². The molecule has 0 bridgehead atoms. The molecule has 0 spiro atoms. The van der Waals surface area contributed by atoms with Crippen molar-refractivity contribution in [1.82, 2.24) is 3.71 Å². The van der Waals surface area contributed by atoms with E-state index in [0.29, 0.717) is 19.2 Å². The first-order valence-corrected chi connectivity index (χ1v) is 11.0. The van der Waals surface area contributed by atoms with E-state index in [2.05, 4.69) is 0 Å². The topological polar surface area (TPSA) is 158 Å². The highest BCUT2D eigenvalue weighted by Crippen LogP contribution is 2.33. The van der Waals surface area contributed by atoms with Crippen molar-refractivity contribution in [2.24, 2.45) is 0 Å². The molecule has 15 heteroatoms. The molecule has 0 unspecified atom stereocenters. The molecule has 0 amide bonds. The maximum absolute atomic E-state index is 12.8. The van der Waals surface area contributed by atoms with Crippen LogP contribution in [-0.2, 0) is 20.0 Å². The second-order valence-corrected chi connectivity index (χ2v) is 10.6. The van der Waals surface area contributed by atoms with Crippen molar-refractivity contribution in [3.8, 4) is 0 Å². The largest absolute Gasteiger partial charge is 0.289 e. The molecule has 0 atom stereocenters. The van der Waals surface area contributed by atoms with Gasteiger partial charge in [-0.25, -0.2) is 16.8 Å². The molecule has 0 aliphatic rings. The number of nitro benzene ring substituents is 2. The van der Waals surface area contributed by atoms with Gasteiger partial charge in [-0.3, -0.25) is 20.2 Å². The highest BCUT2D eigenvalue weighted by molar-refractivity contribution is 8.04. The smallest absolute Gasteiger partial charge is 0.258 e. The van der Waals surface area contributed by atoms with Gasteiger partial charge >= 0.3 is 0 Å². The number of rotatable bonds is 6. The normalized spacial score (nSPS) is 12.2. The quantitative estimate of drug-likeness (QED) is 0.447. The fourth-order valence-electron chi connectivity index (χ4n) is 2.20. The summed E-state index contributed by atoms with van der Waals surface area (Å²) in [5.74, 6) is 0. The molecular weight excluding hydrogens is 473 g/mol. The molecule has 2 aromatic carbocycles. The van der Waals surface area contributed by atoms with Crippen molar-refractivity contribution >= 4 is 54.6 Å². The third-order valence-corrected chi connectivity index (χ3v) is 8.80. The van der Waals surface area contributed by atoms with Crippen LogP contribution in [0.15, 0.2) is 40.1 Å². The van der Waals surface area contributed by atoms with E-state index in [9.17, 15) is 37.1 Å². The Balaban J connectivity index is 2.64. The molecule has 0 aliphatic heterocycles. The minimum atomic E-state index is -4.83. The molecule has 0 aliphatic carbocycles. The highest BCUT2D eigenvalue weighted by Gasteiger charge is 2.35. The summed E-state index contributed by atoms with van der Waals surface area (Å²) >= 11 is 11.5. The third-order valence-electron chi connectivity index (χ3n) is 3.87. The van der Waals surface area contributed by atoms with Crippen LogP contribution in [0.25, 0.3) is 0 Å². The van der Waals surface area contributed by atoms with Crippen molar-refractivity contribution in [2.45, 2.75) is 16.7 Å². The number of halogens is 2. The van der Waals surface area contributed by atoms with Gasteiger partial charge in [-0.15, -0.1) is 0 Å². The van der Waals surface area contributed by atoms with Crippen molar-refractivity contribution in [2.75, 3.05) is 7.05 Å². The lowest BCUT2D eigenvalue weighted by Crippen LogP contribution is -2.33. The highest BCUT2D eigenvalue weighted by atomic mass is 35.5. The Bertz CT molecular complexity index is 1250. The maximum Gasteiger partial charge on any atom is 0.289 e. The van der Waals surface area contributed by atoms with E-state index in [-0.39, 0.29) is 19.3 Å². The minimum Gasteiger partial charge on any atom is -0.258 e. The Kier molecular flexibility index (Phi) is 6.20. The first-order chi connectivity index (χ1) is 13.2. The Morgan fingerprint density at radius 3 is 1.83 bits per heavy atom. The minimum absolute atomic E-state index is 0.00514. The lowest BCUT2D eigenvalue weighted by Gasteiger charge is -2.18. The van der Waals surface area contributed by atoms with Gasteiger partial charge in [0.15, 0.2) is 0 Å². The van der Waals surface area contributed by atoms with Crippen LogP contribution in [0.3, 0.4) is 0 Å².